The van der Waals surface area contributed by atoms with Gasteiger partial charge in [-0.2, -0.15) is 0 Å². The Balaban J connectivity index is 1.43. The number of rotatable bonds is 3. The molecule has 1 unspecified atom stereocenters. The van der Waals surface area contributed by atoms with Crippen LogP contribution < -0.4 is 9.47 Å². The molecule has 2 aliphatic heterocycles. The van der Waals surface area contributed by atoms with Crippen LogP contribution in [0.5, 0.6) is 11.5 Å². The van der Waals surface area contributed by atoms with Crippen LogP contribution >= 0.6 is 11.3 Å². The zero-order valence-electron chi connectivity index (χ0n) is 15.2. The Kier molecular flexibility index (Phi) is 4.37. The van der Waals surface area contributed by atoms with Crippen molar-refractivity contribution in [3.63, 3.8) is 0 Å². The van der Waals surface area contributed by atoms with E-state index in [2.05, 4.69) is 23.6 Å². The van der Waals surface area contributed by atoms with Gasteiger partial charge in [-0.3, -0.25) is 4.79 Å². The first-order valence-electron chi connectivity index (χ1n) is 9.29. The van der Waals surface area contributed by atoms with Crippen LogP contribution in [0.4, 0.5) is 0 Å². The van der Waals surface area contributed by atoms with Crippen LogP contribution in [-0.2, 0) is 11.2 Å². The quantitative estimate of drug-likeness (QED) is 0.612. The molecule has 2 aliphatic rings. The Bertz CT molecular complexity index is 1040. The smallest absolute Gasteiger partial charge is 0.247 e. The second kappa shape index (κ2) is 7.17. The van der Waals surface area contributed by atoms with Gasteiger partial charge in [0.1, 0.15) is 0 Å². The fourth-order valence-electron chi connectivity index (χ4n) is 3.83. The summed E-state index contributed by atoms with van der Waals surface area (Å²) in [5.74, 6) is 1.48. The van der Waals surface area contributed by atoms with Crippen molar-refractivity contribution in [3.8, 4) is 11.5 Å². The normalized spacial score (nSPS) is 17.7. The molecule has 140 valence electrons. The monoisotopic (exact) mass is 389 g/mol. The van der Waals surface area contributed by atoms with Crippen LogP contribution in [0, 0.1) is 0 Å². The van der Waals surface area contributed by atoms with E-state index in [1.165, 1.54) is 10.4 Å². The summed E-state index contributed by atoms with van der Waals surface area (Å²) in [4.78, 5) is 16.4. The number of ether oxygens (including phenoxy) is 2. The molecule has 3 heterocycles. The molecule has 5 rings (SSSR count). The van der Waals surface area contributed by atoms with Crippen molar-refractivity contribution in [2.45, 2.75) is 12.5 Å². The minimum atomic E-state index is -0.0369. The van der Waals surface area contributed by atoms with Gasteiger partial charge >= 0.3 is 0 Å². The first kappa shape index (κ1) is 17.1. The second-order valence-corrected chi connectivity index (χ2v) is 7.84. The Labute approximate surface area is 167 Å². The van der Waals surface area contributed by atoms with Gasteiger partial charge in [0.05, 0.1) is 6.04 Å². The third-order valence-electron chi connectivity index (χ3n) is 5.18. The highest BCUT2D eigenvalue weighted by Crippen LogP contribution is 2.38. The lowest BCUT2D eigenvalue weighted by atomic mass is 9.93. The van der Waals surface area contributed by atoms with Crippen molar-refractivity contribution in [2.24, 2.45) is 0 Å². The Hall–Kier alpha value is -3.05. The number of hydrogen-bond donors (Lipinski definition) is 0. The average Bonchev–Trinajstić information content (AvgIpc) is 3.40. The number of benzene rings is 2. The van der Waals surface area contributed by atoms with Crippen molar-refractivity contribution in [3.05, 3.63) is 87.6 Å². The number of nitrogens with zero attached hydrogens (tertiary/aromatic N) is 1. The van der Waals surface area contributed by atoms with Crippen LogP contribution in [0.2, 0.25) is 0 Å². The summed E-state index contributed by atoms with van der Waals surface area (Å²) in [5, 5.41) is 2.12. The number of thiophene rings is 1. The molecular formula is C23H19NO3S. The zero-order chi connectivity index (χ0) is 18.9. The minimum Gasteiger partial charge on any atom is -0.454 e. The molecule has 0 aliphatic carbocycles. The molecule has 0 bridgehead atoms. The third-order valence-corrected chi connectivity index (χ3v) is 6.18. The van der Waals surface area contributed by atoms with E-state index in [1.807, 2.05) is 47.4 Å². The van der Waals surface area contributed by atoms with E-state index >= 15 is 0 Å². The lowest BCUT2D eigenvalue weighted by Crippen LogP contribution is -2.39. The lowest BCUT2D eigenvalue weighted by molar-refractivity contribution is -0.127. The number of hydrogen-bond acceptors (Lipinski definition) is 4. The summed E-state index contributed by atoms with van der Waals surface area (Å²) < 4.78 is 10.8. The van der Waals surface area contributed by atoms with Gasteiger partial charge in [-0.15, -0.1) is 11.3 Å². The summed E-state index contributed by atoms with van der Waals surface area (Å²) in [6, 6.07) is 18.1. The molecule has 1 atom stereocenters. The maximum atomic E-state index is 13.1. The van der Waals surface area contributed by atoms with Crippen LogP contribution in [0.15, 0.2) is 66.1 Å². The zero-order valence-corrected chi connectivity index (χ0v) is 16.0. The number of carbonyl (C=O) groups excluding carboxylic acids is 1. The van der Waals surface area contributed by atoms with Crippen molar-refractivity contribution in [2.75, 3.05) is 13.3 Å². The van der Waals surface area contributed by atoms with Gasteiger partial charge in [-0.25, -0.2) is 0 Å². The third kappa shape index (κ3) is 3.08. The van der Waals surface area contributed by atoms with E-state index in [4.69, 9.17) is 9.47 Å². The van der Waals surface area contributed by atoms with Gasteiger partial charge in [0.15, 0.2) is 11.5 Å². The Morgan fingerprint density at radius 3 is 2.82 bits per heavy atom. The molecule has 0 fully saturated rings. The summed E-state index contributed by atoms with van der Waals surface area (Å²) >= 11 is 1.78. The first-order chi connectivity index (χ1) is 13.8. The van der Waals surface area contributed by atoms with Gasteiger partial charge in [0.2, 0.25) is 12.7 Å². The molecular weight excluding hydrogens is 370 g/mol. The highest BCUT2D eigenvalue weighted by Gasteiger charge is 2.31. The van der Waals surface area contributed by atoms with Gasteiger partial charge in [0.25, 0.3) is 0 Å². The second-order valence-electron chi connectivity index (χ2n) is 6.84. The summed E-state index contributed by atoms with van der Waals surface area (Å²) in [6.07, 6.45) is 4.40. The van der Waals surface area contributed by atoms with Crippen molar-refractivity contribution >= 4 is 23.3 Å². The maximum absolute atomic E-state index is 13.1. The highest BCUT2D eigenvalue weighted by molar-refractivity contribution is 7.10. The van der Waals surface area contributed by atoms with E-state index < -0.39 is 0 Å². The van der Waals surface area contributed by atoms with Crippen molar-refractivity contribution in [1.82, 2.24) is 4.90 Å². The summed E-state index contributed by atoms with van der Waals surface area (Å²) in [5.41, 5.74) is 3.31. The predicted octanol–water partition coefficient (Wildman–Crippen LogP) is 4.66. The van der Waals surface area contributed by atoms with Crippen LogP contribution in [0.1, 0.15) is 27.6 Å². The molecule has 0 N–H and O–H groups in total. The Morgan fingerprint density at radius 1 is 1.07 bits per heavy atom. The topological polar surface area (TPSA) is 38.8 Å². The number of fused-ring (bicyclic) bond motifs is 2. The molecule has 1 aromatic heterocycles. The molecule has 0 saturated heterocycles. The molecule has 1 amide bonds. The van der Waals surface area contributed by atoms with E-state index in [-0.39, 0.29) is 18.7 Å². The largest absolute Gasteiger partial charge is 0.454 e. The van der Waals surface area contributed by atoms with E-state index in [1.54, 1.807) is 17.4 Å². The standard InChI is InChI=1S/C23H19NO3S/c25-22(9-7-16-6-8-19-20(14-16)27-15-26-19)24-12-10-21-18(11-13-28-21)23(24)17-4-2-1-3-5-17/h1-9,11,13-14,23H,10,12,15H2/b9-7+. The molecule has 0 saturated carbocycles. The minimum absolute atomic E-state index is 0.0170. The maximum Gasteiger partial charge on any atom is 0.247 e. The average molecular weight is 389 g/mol. The molecule has 5 heteroatoms. The molecule has 0 radical (unpaired) electrons. The SMILES string of the molecule is O=C(/C=C/c1ccc2c(c1)OCO2)N1CCc2sccc2C1c1ccccc1. The molecule has 4 nitrogen and oxygen atoms in total. The predicted molar refractivity (Wildman–Crippen MR) is 110 cm³/mol. The molecule has 3 aromatic rings. The van der Waals surface area contributed by atoms with E-state index in [0.29, 0.717) is 0 Å². The van der Waals surface area contributed by atoms with Gasteiger partial charge in [-0.1, -0.05) is 36.4 Å². The molecule has 0 spiro atoms. The van der Waals surface area contributed by atoms with Gasteiger partial charge < -0.3 is 14.4 Å². The fourth-order valence-corrected chi connectivity index (χ4v) is 4.73. The molecule has 2 aromatic carbocycles. The van der Waals surface area contributed by atoms with Crippen LogP contribution in [-0.4, -0.2) is 24.1 Å². The number of amides is 1. The lowest BCUT2D eigenvalue weighted by Gasteiger charge is -2.35. The van der Waals surface area contributed by atoms with E-state index in [9.17, 15) is 4.79 Å². The van der Waals surface area contributed by atoms with E-state index in [0.717, 1.165) is 35.6 Å². The van der Waals surface area contributed by atoms with Crippen LogP contribution in [0.3, 0.4) is 0 Å². The van der Waals surface area contributed by atoms with Gasteiger partial charge in [0, 0.05) is 17.5 Å². The number of carbonyl (C=O) groups is 1. The van der Waals surface area contributed by atoms with Crippen LogP contribution in [0.25, 0.3) is 6.08 Å². The van der Waals surface area contributed by atoms with Gasteiger partial charge in [-0.05, 0) is 52.8 Å². The fraction of sp³-hybridized carbons (Fsp3) is 0.174. The highest BCUT2D eigenvalue weighted by atomic mass is 32.1. The summed E-state index contributed by atoms with van der Waals surface area (Å²) in [7, 11) is 0. The first-order valence-corrected chi connectivity index (χ1v) is 10.2. The molecule has 28 heavy (non-hydrogen) atoms. The van der Waals surface area contributed by atoms with Crippen molar-refractivity contribution in [1.29, 1.82) is 0 Å². The van der Waals surface area contributed by atoms with Crippen molar-refractivity contribution < 1.29 is 14.3 Å². The summed E-state index contributed by atoms with van der Waals surface area (Å²) in [6.45, 7) is 0.967. The Morgan fingerprint density at radius 2 is 1.93 bits per heavy atom.